The maximum absolute atomic E-state index is 11.6. The van der Waals surface area contributed by atoms with E-state index in [2.05, 4.69) is 18.7 Å². The van der Waals surface area contributed by atoms with Crippen molar-refractivity contribution in [3.63, 3.8) is 0 Å². The first-order chi connectivity index (χ1) is 8.40. The van der Waals surface area contributed by atoms with Crippen LogP contribution in [-0.4, -0.2) is 49.7 Å². The van der Waals surface area contributed by atoms with Crippen molar-refractivity contribution in [3.8, 4) is 0 Å². The molecule has 1 saturated carbocycles. The minimum Gasteiger partial charge on any atom is -0.383 e. The molecule has 0 heterocycles. The van der Waals surface area contributed by atoms with Gasteiger partial charge in [-0.15, -0.1) is 0 Å². The fourth-order valence-corrected chi connectivity index (χ4v) is 2.35. The zero-order valence-electron chi connectivity index (χ0n) is 11.8. The van der Waals surface area contributed by atoms with Crippen molar-refractivity contribution in [2.75, 3.05) is 33.4 Å². The fraction of sp³-hybridized carbons (Fsp3) is 0.923. The van der Waals surface area contributed by atoms with Crippen LogP contribution in [0.25, 0.3) is 0 Å². The summed E-state index contributed by atoms with van der Waals surface area (Å²) in [7, 11) is 1.68. The molecule has 106 valence electrons. The first kappa shape index (κ1) is 15.4. The smallest absolute Gasteiger partial charge is 0.239 e. The number of primary amides is 1. The standard InChI is InChI=1S/C13H27N3O2/c1-10(2)8-16(6-7-18-3)9-13(15,12(14)17)11-4-5-11/h10-11H,4-9,15H2,1-3H3,(H2,14,17). The molecule has 1 rings (SSSR count). The summed E-state index contributed by atoms with van der Waals surface area (Å²) in [6.45, 7) is 7.18. The summed E-state index contributed by atoms with van der Waals surface area (Å²) in [5.74, 6) is 0.404. The highest BCUT2D eigenvalue weighted by molar-refractivity contribution is 5.85. The quantitative estimate of drug-likeness (QED) is 0.617. The molecule has 1 unspecified atom stereocenters. The second-order valence-corrected chi connectivity index (χ2v) is 5.80. The Morgan fingerprint density at radius 2 is 2.11 bits per heavy atom. The van der Waals surface area contributed by atoms with E-state index in [1.54, 1.807) is 7.11 Å². The van der Waals surface area contributed by atoms with E-state index in [0.717, 1.165) is 25.9 Å². The van der Waals surface area contributed by atoms with Gasteiger partial charge in [0.25, 0.3) is 0 Å². The predicted molar refractivity (Wildman–Crippen MR) is 72.0 cm³/mol. The van der Waals surface area contributed by atoms with Crippen LogP contribution in [0.3, 0.4) is 0 Å². The monoisotopic (exact) mass is 257 g/mol. The topological polar surface area (TPSA) is 81.6 Å². The third-order valence-electron chi connectivity index (χ3n) is 3.48. The average Bonchev–Trinajstić information content (AvgIpc) is 3.08. The zero-order valence-corrected chi connectivity index (χ0v) is 11.8. The number of rotatable bonds is 9. The minimum absolute atomic E-state index is 0.257. The third-order valence-corrected chi connectivity index (χ3v) is 3.48. The highest BCUT2D eigenvalue weighted by Gasteiger charge is 2.47. The summed E-state index contributed by atoms with van der Waals surface area (Å²) in [5.41, 5.74) is 10.9. The Labute approximate surface area is 110 Å². The lowest BCUT2D eigenvalue weighted by atomic mass is 9.92. The van der Waals surface area contributed by atoms with Crippen LogP contribution in [0.5, 0.6) is 0 Å². The molecule has 18 heavy (non-hydrogen) atoms. The molecule has 1 aliphatic carbocycles. The second-order valence-electron chi connectivity index (χ2n) is 5.80. The number of nitrogens with zero attached hydrogens (tertiary/aromatic N) is 1. The summed E-state index contributed by atoms with van der Waals surface area (Å²) in [4.78, 5) is 13.8. The van der Waals surface area contributed by atoms with Crippen LogP contribution < -0.4 is 11.5 Å². The van der Waals surface area contributed by atoms with Crippen molar-refractivity contribution >= 4 is 5.91 Å². The van der Waals surface area contributed by atoms with Crippen LogP contribution in [0.2, 0.25) is 0 Å². The van der Waals surface area contributed by atoms with Crippen molar-refractivity contribution < 1.29 is 9.53 Å². The van der Waals surface area contributed by atoms with Gasteiger partial charge >= 0.3 is 0 Å². The first-order valence-corrected chi connectivity index (χ1v) is 6.70. The Balaban J connectivity index is 2.63. The van der Waals surface area contributed by atoms with E-state index >= 15 is 0 Å². The maximum atomic E-state index is 11.6. The van der Waals surface area contributed by atoms with Crippen molar-refractivity contribution in [2.24, 2.45) is 23.3 Å². The summed E-state index contributed by atoms with van der Waals surface area (Å²) >= 11 is 0. The van der Waals surface area contributed by atoms with E-state index in [0.29, 0.717) is 19.1 Å². The number of amides is 1. The SMILES string of the molecule is COCCN(CC(C)C)CC(N)(C(N)=O)C1CC1. The third kappa shape index (κ3) is 4.23. The van der Waals surface area contributed by atoms with Gasteiger partial charge in [-0.2, -0.15) is 0 Å². The number of methoxy groups -OCH3 is 1. The van der Waals surface area contributed by atoms with Gasteiger partial charge in [0.2, 0.25) is 5.91 Å². The molecule has 0 saturated heterocycles. The largest absolute Gasteiger partial charge is 0.383 e. The van der Waals surface area contributed by atoms with Crippen molar-refractivity contribution in [2.45, 2.75) is 32.2 Å². The van der Waals surface area contributed by atoms with Gasteiger partial charge < -0.3 is 16.2 Å². The molecule has 0 bridgehead atoms. The predicted octanol–water partition coefficient (Wildman–Crippen LogP) is 0.184. The molecule has 4 N–H and O–H groups in total. The maximum Gasteiger partial charge on any atom is 0.239 e. The lowest BCUT2D eigenvalue weighted by molar-refractivity contribution is -0.124. The first-order valence-electron chi connectivity index (χ1n) is 6.70. The van der Waals surface area contributed by atoms with Crippen LogP contribution in [0, 0.1) is 11.8 Å². The van der Waals surface area contributed by atoms with Gasteiger partial charge in [-0.3, -0.25) is 9.69 Å². The van der Waals surface area contributed by atoms with Crippen molar-refractivity contribution in [1.29, 1.82) is 0 Å². The van der Waals surface area contributed by atoms with Crippen LogP contribution in [0.1, 0.15) is 26.7 Å². The van der Waals surface area contributed by atoms with E-state index in [1.807, 2.05) is 0 Å². The Morgan fingerprint density at radius 1 is 1.50 bits per heavy atom. The summed E-state index contributed by atoms with van der Waals surface area (Å²) < 4.78 is 5.11. The highest BCUT2D eigenvalue weighted by atomic mass is 16.5. The average molecular weight is 257 g/mol. The molecule has 0 aromatic carbocycles. The van der Waals surface area contributed by atoms with Gasteiger partial charge in [0, 0.05) is 26.7 Å². The lowest BCUT2D eigenvalue weighted by Gasteiger charge is -2.34. The van der Waals surface area contributed by atoms with Crippen LogP contribution in [0.4, 0.5) is 0 Å². The van der Waals surface area contributed by atoms with E-state index < -0.39 is 5.54 Å². The van der Waals surface area contributed by atoms with Gasteiger partial charge in [0.15, 0.2) is 0 Å². The molecule has 0 spiro atoms. The fourth-order valence-electron chi connectivity index (χ4n) is 2.35. The van der Waals surface area contributed by atoms with Crippen molar-refractivity contribution in [3.05, 3.63) is 0 Å². The number of carbonyl (C=O) groups excluding carboxylic acids is 1. The molecule has 5 heteroatoms. The molecule has 1 aliphatic rings. The molecular formula is C13H27N3O2. The van der Waals surface area contributed by atoms with Crippen LogP contribution in [-0.2, 0) is 9.53 Å². The molecule has 0 aromatic heterocycles. The second kappa shape index (κ2) is 6.50. The number of nitrogens with two attached hydrogens (primary N) is 2. The molecule has 1 atom stereocenters. The van der Waals surface area contributed by atoms with Gasteiger partial charge in [-0.25, -0.2) is 0 Å². The summed E-state index contributed by atoms with van der Waals surface area (Å²) in [6.07, 6.45) is 2.03. The summed E-state index contributed by atoms with van der Waals surface area (Å²) in [5, 5.41) is 0. The van der Waals surface area contributed by atoms with E-state index in [-0.39, 0.29) is 11.8 Å². The summed E-state index contributed by atoms with van der Waals surface area (Å²) in [6, 6.07) is 0. The number of carbonyl (C=O) groups is 1. The number of hydrogen-bond acceptors (Lipinski definition) is 4. The van der Waals surface area contributed by atoms with E-state index in [1.165, 1.54) is 0 Å². The zero-order chi connectivity index (χ0) is 13.8. The molecule has 0 aliphatic heterocycles. The van der Waals surface area contributed by atoms with Crippen molar-refractivity contribution in [1.82, 2.24) is 4.90 Å². The van der Waals surface area contributed by atoms with Gasteiger partial charge in [-0.1, -0.05) is 13.8 Å². The lowest BCUT2D eigenvalue weighted by Crippen LogP contribution is -2.61. The molecule has 1 amide bonds. The van der Waals surface area contributed by atoms with E-state index in [4.69, 9.17) is 16.2 Å². The minimum atomic E-state index is -0.872. The highest BCUT2D eigenvalue weighted by Crippen LogP contribution is 2.38. The number of ether oxygens (including phenoxy) is 1. The van der Waals surface area contributed by atoms with Crippen LogP contribution in [0.15, 0.2) is 0 Å². The van der Waals surface area contributed by atoms with Crippen LogP contribution >= 0.6 is 0 Å². The Bertz CT molecular complexity index is 279. The Kier molecular flexibility index (Phi) is 5.56. The van der Waals surface area contributed by atoms with Gasteiger partial charge in [-0.05, 0) is 24.7 Å². The molecule has 5 nitrogen and oxygen atoms in total. The Hall–Kier alpha value is -0.650. The molecule has 1 fully saturated rings. The van der Waals surface area contributed by atoms with Gasteiger partial charge in [0.1, 0.15) is 5.54 Å². The Morgan fingerprint density at radius 3 is 2.50 bits per heavy atom. The van der Waals surface area contributed by atoms with Gasteiger partial charge in [0.05, 0.1) is 6.61 Å². The normalized spacial score (nSPS) is 19.2. The van der Waals surface area contributed by atoms with E-state index in [9.17, 15) is 4.79 Å². The molecule has 0 aromatic rings. The number of hydrogen-bond donors (Lipinski definition) is 2. The molecular weight excluding hydrogens is 230 g/mol. The molecule has 0 radical (unpaired) electrons.